The van der Waals surface area contributed by atoms with Crippen molar-refractivity contribution in [1.29, 1.82) is 0 Å². The van der Waals surface area contributed by atoms with E-state index in [0.29, 0.717) is 6.54 Å². The van der Waals surface area contributed by atoms with Gasteiger partial charge in [-0.1, -0.05) is 6.07 Å². The van der Waals surface area contributed by atoms with Gasteiger partial charge in [-0.05, 0) is 54.8 Å². The van der Waals surface area contributed by atoms with E-state index in [1.807, 2.05) is 49.1 Å². The van der Waals surface area contributed by atoms with Crippen LogP contribution in [0.1, 0.15) is 16.7 Å². The minimum atomic E-state index is -0.198. The lowest BCUT2D eigenvalue weighted by molar-refractivity contribution is 0.251. The third kappa shape index (κ3) is 4.89. The molecule has 25 heavy (non-hydrogen) atoms. The summed E-state index contributed by atoms with van der Waals surface area (Å²) in [5.41, 5.74) is 4.24. The Bertz CT molecular complexity index is 744. The lowest BCUT2D eigenvalue weighted by Crippen LogP contribution is -2.33. The highest BCUT2D eigenvalue weighted by atomic mass is 32.2. The Labute approximate surface area is 153 Å². The largest absolute Gasteiger partial charge is 0.355 e. The summed E-state index contributed by atoms with van der Waals surface area (Å²) >= 11 is 1.98. The number of urea groups is 1. The van der Waals surface area contributed by atoms with Crippen LogP contribution in [-0.2, 0) is 6.54 Å². The maximum absolute atomic E-state index is 12.1. The predicted molar refractivity (Wildman–Crippen MR) is 106 cm³/mol. The molecule has 3 rings (SSSR count). The fourth-order valence-corrected chi connectivity index (χ4v) is 3.62. The van der Waals surface area contributed by atoms with Crippen molar-refractivity contribution in [3.63, 3.8) is 0 Å². The number of aromatic nitrogens is 1. The maximum atomic E-state index is 12.1. The van der Waals surface area contributed by atoms with E-state index in [-0.39, 0.29) is 6.03 Å². The topological polar surface area (TPSA) is 57.3 Å². The van der Waals surface area contributed by atoms with Crippen molar-refractivity contribution in [1.82, 2.24) is 10.3 Å². The Morgan fingerprint density at radius 1 is 1.16 bits per heavy atom. The van der Waals surface area contributed by atoms with E-state index in [1.54, 1.807) is 0 Å². The van der Waals surface area contributed by atoms with E-state index < -0.39 is 0 Å². The number of benzene rings is 1. The average Bonchev–Trinajstić information content (AvgIpc) is 2.64. The van der Waals surface area contributed by atoms with Crippen molar-refractivity contribution in [3.8, 4) is 0 Å². The van der Waals surface area contributed by atoms with E-state index in [4.69, 9.17) is 0 Å². The van der Waals surface area contributed by atoms with Gasteiger partial charge < -0.3 is 15.5 Å². The van der Waals surface area contributed by atoms with Crippen LogP contribution in [0.3, 0.4) is 0 Å². The molecule has 5 nitrogen and oxygen atoms in total. The van der Waals surface area contributed by atoms with Crippen LogP contribution in [0.4, 0.5) is 16.3 Å². The van der Waals surface area contributed by atoms with E-state index in [1.165, 1.54) is 5.56 Å². The molecule has 0 saturated carbocycles. The number of nitrogens with one attached hydrogen (secondary N) is 2. The van der Waals surface area contributed by atoms with Crippen molar-refractivity contribution in [2.45, 2.75) is 20.4 Å². The molecule has 1 fully saturated rings. The van der Waals surface area contributed by atoms with Gasteiger partial charge in [0.25, 0.3) is 0 Å². The van der Waals surface area contributed by atoms with E-state index >= 15 is 0 Å². The van der Waals surface area contributed by atoms with E-state index in [2.05, 4.69) is 33.5 Å². The van der Waals surface area contributed by atoms with Crippen molar-refractivity contribution >= 4 is 29.3 Å². The zero-order valence-electron chi connectivity index (χ0n) is 14.7. The monoisotopic (exact) mass is 356 g/mol. The molecule has 0 radical (unpaired) electrons. The Hall–Kier alpha value is -2.21. The summed E-state index contributed by atoms with van der Waals surface area (Å²) in [7, 11) is 0. The van der Waals surface area contributed by atoms with Crippen molar-refractivity contribution in [2.75, 3.05) is 34.8 Å². The molecule has 1 aromatic heterocycles. The molecule has 2 heterocycles. The number of aryl methyl sites for hydroxylation is 2. The van der Waals surface area contributed by atoms with Crippen LogP contribution in [0.2, 0.25) is 0 Å². The highest BCUT2D eigenvalue weighted by Gasteiger charge is 2.12. The van der Waals surface area contributed by atoms with Crippen LogP contribution in [0.15, 0.2) is 36.5 Å². The fourth-order valence-electron chi connectivity index (χ4n) is 2.71. The van der Waals surface area contributed by atoms with E-state index in [0.717, 1.165) is 47.2 Å². The van der Waals surface area contributed by atoms with Gasteiger partial charge in [-0.15, -0.1) is 0 Å². The Morgan fingerprint density at radius 2 is 1.96 bits per heavy atom. The first-order valence-electron chi connectivity index (χ1n) is 8.51. The smallest absolute Gasteiger partial charge is 0.319 e. The lowest BCUT2D eigenvalue weighted by atomic mass is 10.1. The number of carbonyl (C=O) groups is 1. The highest BCUT2D eigenvalue weighted by molar-refractivity contribution is 7.99. The Balaban J connectivity index is 1.55. The van der Waals surface area contributed by atoms with Gasteiger partial charge in [-0.2, -0.15) is 11.8 Å². The number of hydrogen-bond donors (Lipinski definition) is 2. The van der Waals surface area contributed by atoms with Crippen LogP contribution >= 0.6 is 11.8 Å². The van der Waals surface area contributed by atoms with Crippen LogP contribution in [0, 0.1) is 13.8 Å². The summed E-state index contributed by atoms with van der Waals surface area (Å²) < 4.78 is 0. The number of thioether (sulfide) groups is 1. The number of nitrogens with zero attached hydrogens (tertiary/aromatic N) is 2. The zero-order valence-corrected chi connectivity index (χ0v) is 15.5. The second kappa shape index (κ2) is 8.25. The summed E-state index contributed by atoms with van der Waals surface area (Å²) in [5, 5.41) is 5.79. The van der Waals surface area contributed by atoms with Crippen LogP contribution in [-0.4, -0.2) is 35.6 Å². The van der Waals surface area contributed by atoms with Gasteiger partial charge in [-0.3, -0.25) is 0 Å². The molecule has 0 spiro atoms. The summed E-state index contributed by atoms with van der Waals surface area (Å²) in [6.07, 6.45) is 1.81. The molecule has 1 saturated heterocycles. The van der Waals surface area contributed by atoms with Crippen LogP contribution < -0.4 is 15.5 Å². The Kier molecular flexibility index (Phi) is 5.81. The minimum absolute atomic E-state index is 0.198. The second-order valence-electron chi connectivity index (χ2n) is 6.23. The maximum Gasteiger partial charge on any atom is 0.319 e. The molecule has 0 aliphatic carbocycles. The molecule has 1 aliphatic rings. The molecule has 1 aliphatic heterocycles. The predicted octanol–water partition coefficient (Wildman–Crippen LogP) is 3.57. The molecule has 132 valence electrons. The fraction of sp³-hybridized carbons (Fsp3) is 0.368. The number of amides is 2. The van der Waals surface area contributed by atoms with E-state index in [9.17, 15) is 4.79 Å². The number of pyridine rings is 1. The van der Waals surface area contributed by atoms with Gasteiger partial charge in [0, 0.05) is 43.0 Å². The molecule has 6 heteroatoms. The first-order chi connectivity index (χ1) is 12.1. The van der Waals surface area contributed by atoms with Crippen molar-refractivity contribution < 1.29 is 4.79 Å². The van der Waals surface area contributed by atoms with Gasteiger partial charge in [-0.25, -0.2) is 9.78 Å². The molecule has 1 aromatic carbocycles. The third-order valence-corrected chi connectivity index (χ3v) is 5.31. The summed E-state index contributed by atoms with van der Waals surface area (Å²) in [4.78, 5) is 18.9. The average molecular weight is 356 g/mol. The van der Waals surface area contributed by atoms with Crippen LogP contribution in [0.5, 0.6) is 0 Å². The van der Waals surface area contributed by atoms with Gasteiger partial charge in [0.15, 0.2) is 0 Å². The minimum Gasteiger partial charge on any atom is -0.355 e. The molecular weight excluding hydrogens is 332 g/mol. The molecule has 0 atom stereocenters. The van der Waals surface area contributed by atoms with Crippen LogP contribution in [0.25, 0.3) is 0 Å². The highest BCUT2D eigenvalue weighted by Crippen LogP contribution is 2.18. The van der Waals surface area contributed by atoms with Gasteiger partial charge in [0.05, 0.1) is 0 Å². The summed E-state index contributed by atoms with van der Waals surface area (Å²) in [5.74, 6) is 3.28. The number of rotatable bonds is 4. The number of hydrogen-bond acceptors (Lipinski definition) is 4. The summed E-state index contributed by atoms with van der Waals surface area (Å²) in [6.45, 7) is 6.63. The first-order valence-corrected chi connectivity index (χ1v) is 9.67. The molecular formula is C19H24N4OS. The standard InChI is InChI=1S/C19H24N4OS/c1-14-3-4-17(11-15(14)2)22-19(24)21-13-16-5-6-20-18(12-16)23-7-9-25-10-8-23/h3-6,11-12H,7-10,13H2,1-2H3,(H2,21,22,24). The van der Waals surface area contributed by atoms with Gasteiger partial charge in [0.2, 0.25) is 0 Å². The van der Waals surface area contributed by atoms with Crippen molar-refractivity contribution in [2.24, 2.45) is 0 Å². The SMILES string of the molecule is Cc1ccc(NC(=O)NCc2ccnc(N3CCSCC3)c2)cc1C. The quantitative estimate of drug-likeness (QED) is 0.879. The normalized spacial score (nSPS) is 14.2. The zero-order chi connectivity index (χ0) is 17.6. The third-order valence-electron chi connectivity index (χ3n) is 4.36. The first kappa shape index (κ1) is 17.6. The van der Waals surface area contributed by atoms with Gasteiger partial charge >= 0.3 is 6.03 Å². The molecule has 2 N–H and O–H groups in total. The lowest BCUT2D eigenvalue weighted by Gasteiger charge is -2.27. The summed E-state index contributed by atoms with van der Waals surface area (Å²) in [6, 6.07) is 9.71. The Morgan fingerprint density at radius 3 is 2.72 bits per heavy atom. The second-order valence-corrected chi connectivity index (χ2v) is 7.45. The number of carbonyl (C=O) groups excluding carboxylic acids is 1. The molecule has 0 unspecified atom stereocenters. The number of anilines is 2. The molecule has 2 aromatic rings. The molecule has 2 amide bonds. The molecule has 0 bridgehead atoms. The van der Waals surface area contributed by atoms with Crippen molar-refractivity contribution in [3.05, 3.63) is 53.2 Å². The van der Waals surface area contributed by atoms with Gasteiger partial charge in [0.1, 0.15) is 5.82 Å².